The van der Waals surface area contributed by atoms with E-state index in [4.69, 9.17) is 0 Å². The predicted octanol–water partition coefficient (Wildman–Crippen LogP) is 5.98. The number of thiazole rings is 1. The summed E-state index contributed by atoms with van der Waals surface area (Å²) in [6.45, 7) is 7.09. The molecule has 4 rings (SSSR count). The highest BCUT2D eigenvalue weighted by molar-refractivity contribution is 7.96. The number of nitrogens with one attached hydrogen (secondary N) is 1. The molecule has 0 unspecified atom stereocenters. The summed E-state index contributed by atoms with van der Waals surface area (Å²) in [4.78, 5) is 13.0. The topological polar surface area (TPSA) is 74.2 Å². The minimum absolute atomic E-state index is 0.108. The van der Waals surface area contributed by atoms with Crippen molar-refractivity contribution < 1.29 is 18.3 Å². The molecule has 2 N–H and O–H groups in total. The van der Waals surface area contributed by atoms with Crippen LogP contribution in [0.15, 0.2) is 30.6 Å². The van der Waals surface area contributed by atoms with Gasteiger partial charge < -0.3 is 10.4 Å². The minimum Gasteiger partial charge on any atom is -0.386 e. The molecule has 0 amide bonds. The second kappa shape index (κ2) is 10.0. The maximum absolute atomic E-state index is 13.8. The number of halogens is 3. The van der Waals surface area contributed by atoms with Crippen molar-refractivity contribution >= 4 is 29.2 Å². The summed E-state index contributed by atoms with van der Waals surface area (Å²) in [6, 6.07) is 5.62. The summed E-state index contributed by atoms with van der Waals surface area (Å²) < 4.78 is 43.7. The highest BCUT2D eigenvalue weighted by Crippen LogP contribution is 2.40. The van der Waals surface area contributed by atoms with E-state index in [2.05, 4.69) is 24.6 Å². The maximum Gasteiger partial charge on any atom is 0.420 e. The smallest absolute Gasteiger partial charge is 0.386 e. The fraction of sp³-hybridized carbons (Fsp3) is 0.458. The van der Waals surface area contributed by atoms with E-state index in [1.54, 1.807) is 31.9 Å². The van der Waals surface area contributed by atoms with Crippen LogP contribution in [0, 0.1) is 6.92 Å². The number of aliphatic hydroxyl groups is 1. The van der Waals surface area contributed by atoms with E-state index in [0.29, 0.717) is 9.88 Å². The van der Waals surface area contributed by atoms with Gasteiger partial charge in [0.25, 0.3) is 0 Å². The number of aromatic nitrogens is 3. The molecular formula is C24H28F3N5OS2. The van der Waals surface area contributed by atoms with Crippen LogP contribution in [0.4, 0.5) is 19.1 Å². The quantitative estimate of drug-likeness (QED) is 0.385. The third kappa shape index (κ3) is 5.96. The highest BCUT2D eigenvalue weighted by Gasteiger charge is 2.36. The lowest BCUT2D eigenvalue weighted by atomic mass is 9.95. The zero-order chi connectivity index (χ0) is 25.4. The molecule has 0 saturated carbocycles. The van der Waals surface area contributed by atoms with Gasteiger partial charge in [-0.25, -0.2) is 15.0 Å². The van der Waals surface area contributed by atoms with Gasteiger partial charge in [-0.1, -0.05) is 30.1 Å². The summed E-state index contributed by atoms with van der Waals surface area (Å²) in [7, 11) is 0. The van der Waals surface area contributed by atoms with Gasteiger partial charge in [0.05, 0.1) is 16.2 Å². The van der Waals surface area contributed by atoms with Crippen LogP contribution in [-0.2, 0) is 11.8 Å². The molecule has 1 aromatic carbocycles. The molecule has 188 valence electrons. The monoisotopic (exact) mass is 523 g/mol. The zero-order valence-corrected chi connectivity index (χ0v) is 21.6. The largest absolute Gasteiger partial charge is 0.420 e. The molecule has 0 radical (unpaired) electrons. The number of piperidine rings is 1. The number of anilines is 1. The number of aryl methyl sites for hydroxylation is 1. The van der Waals surface area contributed by atoms with Crippen LogP contribution < -0.4 is 5.32 Å². The van der Waals surface area contributed by atoms with E-state index in [9.17, 15) is 18.3 Å². The lowest BCUT2D eigenvalue weighted by molar-refractivity contribution is -0.137. The Balaban J connectivity index is 1.64. The Labute approximate surface area is 211 Å². The lowest BCUT2D eigenvalue weighted by Gasteiger charge is -2.30. The van der Waals surface area contributed by atoms with Crippen molar-refractivity contribution in [2.24, 2.45) is 0 Å². The molecule has 1 fully saturated rings. The average Bonchev–Trinajstić information content (AvgIpc) is 3.28. The van der Waals surface area contributed by atoms with Crippen LogP contribution in [0.3, 0.4) is 0 Å². The van der Waals surface area contributed by atoms with Crippen molar-refractivity contribution in [2.75, 3.05) is 24.7 Å². The van der Waals surface area contributed by atoms with Gasteiger partial charge in [0.1, 0.15) is 10.6 Å². The first-order valence-corrected chi connectivity index (χ1v) is 13.3. The molecule has 1 aliphatic heterocycles. The first-order valence-electron chi connectivity index (χ1n) is 11.3. The van der Waals surface area contributed by atoms with Crippen LogP contribution in [-0.4, -0.2) is 49.8 Å². The van der Waals surface area contributed by atoms with Gasteiger partial charge in [-0.3, -0.25) is 4.31 Å². The molecule has 3 aromatic rings. The Morgan fingerprint density at radius 3 is 2.46 bits per heavy atom. The minimum atomic E-state index is -4.59. The van der Waals surface area contributed by atoms with E-state index >= 15 is 0 Å². The number of benzene rings is 1. The maximum atomic E-state index is 13.8. The van der Waals surface area contributed by atoms with Gasteiger partial charge in [0.2, 0.25) is 5.95 Å². The van der Waals surface area contributed by atoms with Crippen LogP contribution in [0.5, 0.6) is 0 Å². The van der Waals surface area contributed by atoms with Crippen LogP contribution >= 0.6 is 23.3 Å². The Morgan fingerprint density at radius 2 is 1.86 bits per heavy atom. The summed E-state index contributed by atoms with van der Waals surface area (Å²) in [5.74, 6) is 0.191. The van der Waals surface area contributed by atoms with Crippen LogP contribution in [0.25, 0.3) is 21.1 Å². The van der Waals surface area contributed by atoms with Crippen molar-refractivity contribution in [3.8, 4) is 21.1 Å². The van der Waals surface area contributed by atoms with Crippen LogP contribution in [0.1, 0.15) is 43.4 Å². The molecule has 2 aromatic heterocycles. The second-order valence-corrected chi connectivity index (χ2v) is 11.0. The fourth-order valence-corrected chi connectivity index (χ4v) is 5.59. The predicted molar refractivity (Wildman–Crippen MR) is 135 cm³/mol. The summed E-state index contributed by atoms with van der Waals surface area (Å²) in [5, 5.41) is 14.1. The van der Waals surface area contributed by atoms with Gasteiger partial charge in [0.15, 0.2) is 0 Å². The first-order chi connectivity index (χ1) is 16.5. The Kier molecular flexibility index (Phi) is 7.42. The molecule has 0 bridgehead atoms. The summed E-state index contributed by atoms with van der Waals surface area (Å²) in [6.07, 6.45) is 1.46. The third-order valence-electron chi connectivity index (χ3n) is 6.04. The van der Waals surface area contributed by atoms with Gasteiger partial charge in [-0.2, -0.15) is 13.2 Å². The normalized spacial score (nSPS) is 16.0. The molecule has 35 heavy (non-hydrogen) atoms. The van der Waals surface area contributed by atoms with Crippen molar-refractivity contribution in [3.63, 3.8) is 0 Å². The van der Waals surface area contributed by atoms with E-state index in [-0.39, 0.29) is 17.7 Å². The van der Waals surface area contributed by atoms with Gasteiger partial charge in [-0.15, -0.1) is 11.3 Å². The van der Waals surface area contributed by atoms with E-state index in [1.165, 1.54) is 6.20 Å². The van der Waals surface area contributed by atoms with E-state index < -0.39 is 17.3 Å². The van der Waals surface area contributed by atoms with E-state index in [1.807, 2.05) is 25.3 Å². The Bertz CT molecular complexity index is 1180. The SMILES string of the molecule is CSN1CCC(Nc2ncc(C(F)(F)F)c(-c3cnc(-c4ccc(C(C)(C)O)cc4C)s3)n2)CC1. The molecule has 11 heteroatoms. The molecule has 0 spiro atoms. The number of alkyl halides is 3. The lowest BCUT2D eigenvalue weighted by Crippen LogP contribution is -2.35. The standard InChI is InChI=1S/C24H28F3N5OS2/c1-14-11-15(23(2,3)33)5-6-17(14)21-28-13-19(35-21)20-18(24(25,26)27)12-29-22(31-20)30-16-7-9-32(34-4)10-8-16/h5-6,11-13,16,33H,7-10H2,1-4H3,(H,29,30,31). The van der Waals surface area contributed by atoms with E-state index in [0.717, 1.165) is 60.2 Å². The van der Waals surface area contributed by atoms with Crippen molar-refractivity contribution in [1.29, 1.82) is 0 Å². The zero-order valence-electron chi connectivity index (χ0n) is 20.0. The van der Waals surface area contributed by atoms with Gasteiger partial charge in [0, 0.05) is 37.1 Å². The van der Waals surface area contributed by atoms with Crippen molar-refractivity contribution in [3.05, 3.63) is 47.3 Å². The van der Waals surface area contributed by atoms with Crippen molar-refractivity contribution in [1.82, 2.24) is 19.3 Å². The molecule has 1 aliphatic rings. The average molecular weight is 524 g/mol. The number of hydrogen-bond donors (Lipinski definition) is 2. The Hall–Kier alpha value is -2.21. The van der Waals surface area contributed by atoms with Gasteiger partial charge >= 0.3 is 6.18 Å². The summed E-state index contributed by atoms with van der Waals surface area (Å²) in [5.41, 5.74) is 0.384. The molecule has 0 atom stereocenters. The van der Waals surface area contributed by atoms with Crippen LogP contribution in [0.2, 0.25) is 0 Å². The summed E-state index contributed by atoms with van der Waals surface area (Å²) >= 11 is 2.85. The number of hydrogen-bond acceptors (Lipinski definition) is 8. The molecular weight excluding hydrogens is 495 g/mol. The fourth-order valence-electron chi connectivity index (χ4n) is 4.00. The second-order valence-electron chi connectivity index (χ2n) is 9.10. The molecule has 6 nitrogen and oxygen atoms in total. The third-order valence-corrected chi connectivity index (χ3v) is 7.96. The molecule has 0 aliphatic carbocycles. The first kappa shape index (κ1) is 25.9. The molecule has 3 heterocycles. The highest BCUT2D eigenvalue weighted by atomic mass is 32.2. The number of nitrogens with zero attached hydrogens (tertiary/aromatic N) is 4. The molecule has 1 saturated heterocycles. The van der Waals surface area contributed by atoms with Gasteiger partial charge in [-0.05, 0) is 51.0 Å². The number of rotatable bonds is 6. The Morgan fingerprint density at radius 1 is 1.14 bits per heavy atom. The van der Waals surface area contributed by atoms with Crippen molar-refractivity contribution in [2.45, 2.75) is 51.4 Å².